The Morgan fingerprint density at radius 1 is 1.25 bits per heavy atom. The number of rotatable bonds is 6. The van der Waals surface area contributed by atoms with E-state index in [0.717, 1.165) is 5.56 Å². The van der Waals surface area contributed by atoms with Crippen LogP contribution in [0.5, 0.6) is 0 Å². The van der Waals surface area contributed by atoms with Gasteiger partial charge in [-0.1, -0.05) is 30.3 Å². The molecule has 1 unspecified atom stereocenters. The third kappa shape index (κ3) is 2.52. The van der Waals surface area contributed by atoms with E-state index in [1.165, 1.54) is 4.90 Å². The molecule has 2 rings (SSSR count). The van der Waals surface area contributed by atoms with Gasteiger partial charge in [0.05, 0.1) is 19.8 Å². The molecule has 1 saturated heterocycles. The van der Waals surface area contributed by atoms with Crippen LogP contribution in [0.1, 0.15) is 12.5 Å². The molecule has 3 amide bonds. The number of carbonyl (C=O) groups excluding carboxylic acids is 2. The summed E-state index contributed by atoms with van der Waals surface area (Å²) in [7, 11) is 0. The molecule has 0 spiro atoms. The van der Waals surface area contributed by atoms with Gasteiger partial charge in [0, 0.05) is 6.54 Å². The smallest absolute Gasteiger partial charge is 0.325 e. The SMILES string of the molecule is CC1(c2ccccc2)C(=O)NC(=O)N1CCOCCO. The molecule has 1 aromatic carbocycles. The van der Waals surface area contributed by atoms with Gasteiger partial charge in [-0.2, -0.15) is 0 Å². The number of aliphatic hydroxyl groups is 1. The number of hydrogen-bond donors (Lipinski definition) is 2. The Balaban J connectivity index is 2.19. The molecule has 2 N–H and O–H groups in total. The van der Waals surface area contributed by atoms with Gasteiger partial charge in [0.25, 0.3) is 5.91 Å². The van der Waals surface area contributed by atoms with Crippen LogP contribution in [0.25, 0.3) is 0 Å². The summed E-state index contributed by atoms with van der Waals surface area (Å²) in [4.78, 5) is 25.5. The lowest BCUT2D eigenvalue weighted by atomic mass is 9.90. The zero-order valence-electron chi connectivity index (χ0n) is 11.3. The quantitative estimate of drug-likeness (QED) is 0.585. The number of carbonyl (C=O) groups is 2. The molecule has 0 aliphatic carbocycles. The number of hydrogen-bond acceptors (Lipinski definition) is 4. The fourth-order valence-corrected chi connectivity index (χ4v) is 2.31. The topological polar surface area (TPSA) is 78.9 Å². The van der Waals surface area contributed by atoms with Crippen molar-refractivity contribution in [2.45, 2.75) is 12.5 Å². The van der Waals surface area contributed by atoms with Crippen LogP contribution >= 0.6 is 0 Å². The molecule has 20 heavy (non-hydrogen) atoms. The first-order valence-corrected chi connectivity index (χ1v) is 6.48. The van der Waals surface area contributed by atoms with E-state index in [1.807, 2.05) is 30.3 Å². The highest BCUT2D eigenvalue weighted by Gasteiger charge is 2.50. The molecular weight excluding hydrogens is 260 g/mol. The van der Waals surface area contributed by atoms with Crippen LogP contribution in [0.2, 0.25) is 0 Å². The van der Waals surface area contributed by atoms with E-state index < -0.39 is 11.6 Å². The third-order valence-electron chi connectivity index (χ3n) is 3.48. The van der Waals surface area contributed by atoms with Crippen LogP contribution in [-0.2, 0) is 15.1 Å². The fraction of sp³-hybridized carbons (Fsp3) is 0.429. The van der Waals surface area contributed by atoms with E-state index in [-0.39, 0.29) is 32.3 Å². The van der Waals surface area contributed by atoms with E-state index in [9.17, 15) is 9.59 Å². The molecule has 1 fully saturated rings. The summed E-state index contributed by atoms with van der Waals surface area (Å²) in [5, 5.41) is 11.0. The molecule has 1 heterocycles. The van der Waals surface area contributed by atoms with Crippen molar-refractivity contribution >= 4 is 11.9 Å². The van der Waals surface area contributed by atoms with Crippen LogP contribution in [0, 0.1) is 0 Å². The molecular formula is C14H18N2O4. The first-order chi connectivity index (χ1) is 9.60. The summed E-state index contributed by atoms with van der Waals surface area (Å²) in [6, 6.07) is 8.73. The second kappa shape index (κ2) is 6.02. The second-order valence-electron chi connectivity index (χ2n) is 4.69. The molecule has 1 aliphatic rings. The average Bonchev–Trinajstić information content (AvgIpc) is 2.68. The average molecular weight is 278 g/mol. The molecule has 6 nitrogen and oxygen atoms in total. The van der Waals surface area contributed by atoms with E-state index in [1.54, 1.807) is 6.92 Å². The maximum atomic E-state index is 12.2. The van der Waals surface area contributed by atoms with Crippen LogP contribution in [0.3, 0.4) is 0 Å². The zero-order valence-corrected chi connectivity index (χ0v) is 11.3. The Kier molecular flexibility index (Phi) is 4.36. The maximum absolute atomic E-state index is 12.2. The highest BCUT2D eigenvalue weighted by Crippen LogP contribution is 2.32. The van der Waals surface area contributed by atoms with Gasteiger partial charge >= 0.3 is 6.03 Å². The molecule has 0 bridgehead atoms. The molecule has 0 radical (unpaired) electrons. The van der Waals surface area contributed by atoms with Gasteiger partial charge in [-0.15, -0.1) is 0 Å². The molecule has 0 aromatic heterocycles. The number of imide groups is 1. The Morgan fingerprint density at radius 3 is 2.60 bits per heavy atom. The van der Waals surface area contributed by atoms with E-state index in [2.05, 4.69) is 5.32 Å². The van der Waals surface area contributed by atoms with Crippen LogP contribution < -0.4 is 5.32 Å². The highest BCUT2D eigenvalue weighted by atomic mass is 16.5. The predicted molar refractivity (Wildman–Crippen MR) is 71.9 cm³/mol. The zero-order chi connectivity index (χ0) is 14.6. The largest absolute Gasteiger partial charge is 0.394 e. The molecule has 0 saturated carbocycles. The number of benzene rings is 1. The first kappa shape index (κ1) is 14.5. The molecule has 1 atom stereocenters. The fourth-order valence-electron chi connectivity index (χ4n) is 2.31. The Labute approximate surface area is 117 Å². The van der Waals surface area contributed by atoms with E-state index in [4.69, 9.17) is 9.84 Å². The van der Waals surface area contributed by atoms with Gasteiger partial charge in [-0.05, 0) is 12.5 Å². The van der Waals surface area contributed by atoms with E-state index >= 15 is 0 Å². The van der Waals surface area contributed by atoms with Crippen molar-refractivity contribution in [1.29, 1.82) is 0 Å². The minimum absolute atomic E-state index is 0.0684. The first-order valence-electron chi connectivity index (χ1n) is 6.48. The highest BCUT2D eigenvalue weighted by molar-refractivity contribution is 6.07. The minimum Gasteiger partial charge on any atom is -0.394 e. The lowest BCUT2D eigenvalue weighted by molar-refractivity contribution is -0.126. The lowest BCUT2D eigenvalue weighted by Crippen LogP contribution is -2.45. The van der Waals surface area contributed by atoms with Crippen molar-refractivity contribution in [1.82, 2.24) is 10.2 Å². The van der Waals surface area contributed by atoms with E-state index in [0.29, 0.717) is 0 Å². The summed E-state index contributed by atoms with van der Waals surface area (Å²) in [5.74, 6) is -0.337. The summed E-state index contributed by atoms with van der Waals surface area (Å²) in [6.07, 6.45) is 0. The second-order valence-corrected chi connectivity index (χ2v) is 4.69. The van der Waals surface area contributed by atoms with Crippen molar-refractivity contribution in [3.8, 4) is 0 Å². The van der Waals surface area contributed by atoms with Gasteiger partial charge in [-0.25, -0.2) is 4.79 Å². The van der Waals surface area contributed by atoms with Crippen molar-refractivity contribution in [2.75, 3.05) is 26.4 Å². The number of ether oxygens (including phenoxy) is 1. The van der Waals surface area contributed by atoms with Gasteiger partial charge in [0.1, 0.15) is 5.54 Å². The number of nitrogens with one attached hydrogen (secondary N) is 1. The predicted octanol–water partition coefficient (Wildman–Crippen LogP) is 0.462. The number of aliphatic hydroxyl groups excluding tert-OH is 1. The Bertz CT molecular complexity index is 491. The summed E-state index contributed by atoms with van der Waals surface area (Å²) < 4.78 is 5.17. The summed E-state index contributed by atoms with van der Waals surface area (Å²) in [6.45, 7) is 2.41. The Morgan fingerprint density at radius 2 is 1.95 bits per heavy atom. The van der Waals surface area contributed by atoms with Crippen molar-refractivity contribution in [2.24, 2.45) is 0 Å². The number of nitrogens with zero attached hydrogens (tertiary/aromatic N) is 1. The third-order valence-corrected chi connectivity index (χ3v) is 3.48. The van der Waals surface area contributed by atoms with Gasteiger partial charge in [0.15, 0.2) is 0 Å². The van der Waals surface area contributed by atoms with Crippen LogP contribution in [-0.4, -0.2) is 48.3 Å². The van der Waals surface area contributed by atoms with Crippen LogP contribution in [0.15, 0.2) is 30.3 Å². The van der Waals surface area contributed by atoms with Gasteiger partial charge in [0.2, 0.25) is 0 Å². The normalized spacial score (nSPS) is 22.2. The van der Waals surface area contributed by atoms with Crippen molar-refractivity contribution < 1.29 is 19.4 Å². The Hall–Kier alpha value is -1.92. The minimum atomic E-state index is -1.03. The summed E-state index contributed by atoms with van der Waals surface area (Å²) in [5.41, 5.74) is -0.272. The molecule has 6 heteroatoms. The van der Waals surface area contributed by atoms with Crippen LogP contribution in [0.4, 0.5) is 4.79 Å². The maximum Gasteiger partial charge on any atom is 0.325 e. The van der Waals surface area contributed by atoms with Crippen molar-refractivity contribution in [3.63, 3.8) is 0 Å². The number of urea groups is 1. The summed E-state index contributed by atoms with van der Waals surface area (Å²) >= 11 is 0. The van der Waals surface area contributed by atoms with Gasteiger partial charge < -0.3 is 14.7 Å². The molecule has 1 aliphatic heterocycles. The monoisotopic (exact) mass is 278 g/mol. The lowest BCUT2D eigenvalue weighted by Gasteiger charge is -2.32. The standard InChI is InChI=1S/C14H18N2O4/c1-14(11-5-3-2-4-6-11)12(18)15-13(19)16(14)7-9-20-10-8-17/h2-6,17H,7-10H2,1H3,(H,15,18,19). The van der Waals surface area contributed by atoms with Crippen molar-refractivity contribution in [3.05, 3.63) is 35.9 Å². The van der Waals surface area contributed by atoms with Gasteiger partial charge in [-0.3, -0.25) is 10.1 Å². The molecule has 1 aromatic rings. The molecule has 108 valence electrons. The number of amides is 3.